The Labute approximate surface area is 154 Å². The highest BCUT2D eigenvalue weighted by atomic mass is 16.2. The normalized spacial score (nSPS) is 17.5. The fourth-order valence-electron chi connectivity index (χ4n) is 3.83. The van der Waals surface area contributed by atoms with Crippen LogP contribution in [0, 0.1) is 0 Å². The van der Waals surface area contributed by atoms with Crippen LogP contribution < -0.4 is 0 Å². The van der Waals surface area contributed by atoms with Gasteiger partial charge in [0.15, 0.2) is 5.69 Å². The van der Waals surface area contributed by atoms with E-state index in [4.69, 9.17) is 0 Å². The summed E-state index contributed by atoms with van der Waals surface area (Å²) in [5.74, 6) is 0.123. The van der Waals surface area contributed by atoms with Crippen LogP contribution >= 0.6 is 0 Å². The zero-order valence-corrected chi connectivity index (χ0v) is 15.9. The summed E-state index contributed by atoms with van der Waals surface area (Å²) >= 11 is 0. The molecule has 1 aliphatic rings. The molecule has 26 heavy (non-hydrogen) atoms. The Morgan fingerprint density at radius 1 is 1.19 bits per heavy atom. The summed E-state index contributed by atoms with van der Waals surface area (Å²) in [6, 6.07) is 5.87. The second kappa shape index (κ2) is 7.89. The van der Waals surface area contributed by atoms with Crippen LogP contribution in [0.25, 0.3) is 5.52 Å². The van der Waals surface area contributed by atoms with E-state index in [1.54, 1.807) is 9.30 Å². The molecule has 3 rings (SSSR count). The van der Waals surface area contributed by atoms with E-state index in [0.29, 0.717) is 30.1 Å². The zero-order valence-electron chi connectivity index (χ0n) is 15.9. The summed E-state index contributed by atoms with van der Waals surface area (Å²) in [5.41, 5.74) is 1.09. The van der Waals surface area contributed by atoms with Gasteiger partial charge in [-0.15, -0.1) is 0 Å². The van der Waals surface area contributed by atoms with E-state index >= 15 is 0 Å². The molecule has 0 spiro atoms. The Morgan fingerprint density at radius 3 is 2.65 bits per heavy atom. The number of rotatable bonds is 5. The van der Waals surface area contributed by atoms with Gasteiger partial charge in [-0.25, -0.2) is 4.98 Å². The van der Waals surface area contributed by atoms with Crippen LogP contribution in [-0.4, -0.2) is 56.7 Å². The number of piperidine rings is 1. The van der Waals surface area contributed by atoms with Gasteiger partial charge in [-0.2, -0.15) is 0 Å². The topological polar surface area (TPSA) is 57.9 Å². The van der Waals surface area contributed by atoms with Crippen LogP contribution in [0.3, 0.4) is 0 Å². The molecule has 3 heterocycles. The van der Waals surface area contributed by atoms with Crippen molar-refractivity contribution in [3.63, 3.8) is 0 Å². The second-order valence-electron chi connectivity index (χ2n) is 6.77. The van der Waals surface area contributed by atoms with Gasteiger partial charge in [0, 0.05) is 31.9 Å². The largest absolute Gasteiger partial charge is 0.337 e. The zero-order chi connectivity index (χ0) is 18.7. The minimum Gasteiger partial charge on any atom is -0.337 e. The van der Waals surface area contributed by atoms with E-state index < -0.39 is 0 Å². The second-order valence-corrected chi connectivity index (χ2v) is 6.77. The van der Waals surface area contributed by atoms with Gasteiger partial charge < -0.3 is 9.80 Å². The average Bonchev–Trinajstić information content (AvgIpc) is 3.08. The van der Waals surface area contributed by atoms with Crippen molar-refractivity contribution in [3.05, 3.63) is 35.9 Å². The summed E-state index contributed by atoms with van der Waals surface area (Å²) in [6.45, 7) is 8.01. The van der Waals surface area contributed by atoms with Crippen LogP contribution in [-0.2, 0) is 0 Å². The van der Waals surface area contributed by atoms with Crippen molar-refractivity contribution in [2.75, 3.05) is 19.6 Å². The maximum absolute atomic E-state index is 13.3. The highest BCUT2D eigenvalue weighted by Crippen LogP contribution is 2.24. The molecule has 2 amide bonds. The van der Waals surface area contributed by atoms with Crippen molar-refractivity contribution in [1.82, 2.24) is 19.2 Å². The number of carbonyl (C=O) groups excluding carboxylic acids is 2. The van der Waals surface area contributed by atoms with Gasteiger partial charge in [-0.3, -0.25) is 14.0 Å². The predicted octanol–water partition coefficient (Wildman–Crippen LogP) is 3.22. The molecule has 1 atom stereocenters. The molecular weight excluding hydrogens is 328 g/mol. The third-order valence-electron chi connectivity index (χ3n) is 5.35. The first-order valence-corrected chi connectivity index (χ1v) is 9.69. The van der Waals surface area contributed by atoms with Crippen molar-refractivity contribution < 1.29 is 9.59 Å². The maximum Gasteiger partial charge on any atom is 0.290 e. The molecular formula is C20H28N4O2. The van der Waals surface area contributed by atoms with E-state index in [1.807, 2.05) is 43.1 Å². The third kappa shape index (κ3) is 3.20. The molecule has 2 aromatic rings. The van der Waals surface area contributed by atoms with Crippen LogP contribution in [0.2, 0.25) is 0 Å². The lowest BCUT2D eigenvalue weighted by Crippen LogP contribution is -2.43. The van der Waals surface area contributed by atoms with Crippen molar-refractivity contribution in [3.8, 4) is 0 Å². The van der Waals surface area contributed by atoms with Crippen LogP contribution in [0.4, 0.5) is 0 Å². The Morgan fingerprint density at radius 2 is 1.96 bits per heavy atom. The Hall–Kier alpha value is -2.37. The lowest BCUT2D eigenvalue weighted by molar-refractivity contribution is 0.0604. The van der Waals surface area contributed by atoms with Crippen molar-refractivity contribution in [1.29, 1.82) is 0 Å². The molecule has 1 unspecified atom stereocenters. The number of imidazole rings is 1. The number of nitrogens with zero attached hydrogens (tertiary/aromatic N) is 4. The van der Waals surface area contributed by atoms with E-state index in [9.17, 15) is 9.59 Å². The molecule has 2 aromatic heterocycles. The number of amides is 2. The number of fused-ring (bicyclic) bond motifs is 1. The number of likely N-dealkylation sites (tertiary alicyclic amines) is 1. The average molecular weight is 356 g/mol. The van der Waals surface area contributed by atoms with Crippen molar-refractivity contribution in [2.24, 2.45) is 0 Å². The number of aromatic nitrogens is 2. The molecule has 1 saturated heterocycles. The number of carbonyl (C=O) groups is 2. The van der Waals surface area contributed by atoms with Crippen molar-refractivity contribution in [2.45, 2.75) is 52.5 Å². The van der Waals surface area contributed by atoms with Gasteiger partial charge in [0.25, 0.3) is 11.8 Å². The van der Waals surface area contributed by atoms with Gasteiger partial charge in [-0.1, -0.05) is 13.0 Å². The summed E-state index contributed by atoms with van der Waals surface area (Å²) in [7, 11) is 0. The molecule has 1 aliphatic heterocycles. The molecule has 140 valence electrons. The minimum absolute atomic E-state index is 0.0566. The molecule has 6 heteroatoms. The summed E-state index contributed by atoms with van der Waals surface area (Å²) < 4.78 is 1.75. The minimum atomic E-state index is -0.138. The van der Waals surface area contributed by atoms with E-state index in [0.717, 1.165) is 32.2 Å². The van der Waals surface area contributed by atoms with Gasteiger partial charge in [0.1, 0.15) is 0 Å². The first kappa shape index (κ1) is 18.4. The summed E-state index contributed by atoms with van der Waals surface area (Å²) in [6.07, 6.45) is 5.99. The highest BCUT2D eigenvalue weighted by molar-refractivity contribution is 6.02. The highest BCUT2D eigenvalue weighted by Gasteiger charge is 2.31. The predicted molar refractivity (Wildman–Crippen MR) is 101 cm³/mol. The lowest BCUT2D eigenvalue weighted by Gasteiger charge is -2.34. The molecule has 0 bridgehead atoms. The monoisotopic (exact) mass is 356 g/mol. The van der Waals surface area contributed by atoms with E-state index in [-0.39, 0.29) is 17.9 Å². The first-order chi connectivity index (χ1) is 12.6. The molecule has 6 nitrogen and oxygen atoms in total. The first-order valence-electron chi connectivity index (χ1n) is 9.69. The quantitative estimate of drug-likeness (QED) is 0.826. The van der Waals surface area contributed by atoms with Gasteiger partial charge >= 0.3 is 0 Å². The van der Waals surface area contributed by atoms with E-state index in [2.05, 4.69) is 11.9 Å². The Bertz CT molecular complexity index is 794. The van der Waals surface area contributed by atoms with Crippen molar-refractivity contribution >= 4 is 17.3 Å². The molecule has 0 aliphatic carbocycles. The molecule has 0 saturated carbocycles. The summed E-state index contributed by atoms with van der Waals surface area (Å²) in [5, 5.41) is 0. The fourth-order valence-corrected chi connectivity index (χ4v) is 3.83. The standard InChI is InChI=1S/C20H28N4O2/c1-4-15-11-7-9-13-23(15)19(25)17-16-12-8-10-14-24(16)18(21-17)20(26)22(5-2)6-3/h8,10,12,14-15H,4-7,9,11,13H2,1-3H3. The van der Waals surface area contributed by atoms with Crippen LogP contribution in [0.1, 0.15) is 67.6 Å². The molecule has 0 radical (unpaired) electrons. The maximum atomic E-state index is 13.3. The molecule has 1 fully saturated rings. The lowest BCUT2D eigenvalue weighted by atomic mass is 9.99. The Balaban J connectivity index is 2.04. The summed E-state index contributed by atoms with van der Waals surface area (Å²) in [4.78, 5) is 34.3. The van der Waals surface area contributed by atoms with E-state index in [1.165, 1.54) is 0 Å². The molecule has 0 N–H and O–H groups in total. The Kier molecular flexibility index (Phi) is 5.59. The van der Waals surface area contributed by atoms with Crippen LogP contribution in [0.5, 0.6) is 0 Å². The smallest absolute Gasteiger partial charge is 0.290 e. The number of pyridine rings is 1. The molecule has 0 aromatic carbocycles. The number of hydrogen-bond acceptors (Lipinski definition) is 3. The van der Waals surface area contributed by atoms with Gasteiger partial charge in [-0.05, 0) is 51.7 Å². The third-order valence-corrected chi connectivity index (χ3v) is 5.35. The van der Waals surface area contributed by atoms with Gasteiger partial charge in [0.2, 0.25) is 5.82 Å². The van der Waals surface area contributed by atoms with Gasteiger partial charge in [0.05, 0.1) is 5.52 Å². The number of hydrogen-bond donors (Lipinski definition) is 0. The SMILES string of the molecule is CCC1CCCCN1C(=O)c1nc(C(=O)N(CC)CC)n2ccccc12. The van der Waals surface area contributed by atoms with Crippen LogP contribution in [0.15, 0.2) is 24.4 Å². The fraction of sp³-hybridized carbons (Fsp3) is 0.550.